The number of ether oxygens (including phenoxy) is 3. The van der Waals surface area contributed by atoms with E-state index >= 15 is 0 Å². The maximum absolute atomic E-state index is 12.4. The molecule has 6 nitrogen and oxygen atoms in total. The maximum Gasteiger partial charge on any atom is 0.331 e. The van der Waals surface area contributed by atoms with Crippen LogP contribution in [0.5, 0.6) is 11.5 Å². The molecule has 1 N–H and O–H groups in total. The average Bonchev–Trinajstić information content (AvgIpc) is 2.55. The smallest absolute Gasteiger partial charge is 0.331 e. The topological polar surface area (TPSA) is 73.9 Å². The van der Waals surface area contributed by atoms with E-state index in [9.17, 15) is 9.59 Å². The molecule has 0 aliphatic heterocycles. The van der Waals surface area contributed by atoms with Gasteiger partial charge in [-0.15, -0.1) is 0 Å². The Morgan fingerprint density at radius 3 is 2.22 bits per heavy atom. The van der Waals surface area contributed by atoms with Crippen LogP contribution < -0.4 is 14.8 Å². The number of methoxy groups -OCH3 is 1. The summed E-state index contributed by atoms with van der Waals surface area (Å²) in [5.41, 5.74) is -0.684. The number of benzene rings is 1. The lowest BCUT2D eigenvalue weighted by atomic mass is 9.98. The summed E-state index contributed by atoms with van der Waals surface area (Å²) < 4.78 is 15.7. The third kappa shape index (κ3) is 4.61. The minimum absolute atomic E-state index is 0.372. The summed E-state index contributed by atoms with van der Waals surface area (Å²) in [6.07, 6.45) is 0.417. The molecule has 0 radical (unpaired) electrons. The summed E-state index contributed by atoms with van der Waals surface area (Å²) in [4.78, 5) is 24.3. The Morgan fingerprint density at radius 1 is 1.09 bits per heavy atom. The highest BCUT2D eigenvalue weighted by Gasteiger charge is 2.34. The standard InChI is InChI=1S/C17H25NO5/c1-6-17(4,16(20)21-5)18-15(19)12-9-10-13(22-7-2)14(11-12)23-8-3/h9-11H,6-8H2,1-5H3,(H,18,19). The Labute approximate surface area is 137 Å². The van der Waals surface area contributed by atoms with Crippen LogP contribution in [-0.4, -0.2) is 37.7 Å². The molecule has 0 bridgehead atoms. The van der Waals surface area contributed by atoms with E-state index in [1.807, 2.05) is 13.8 Å². The predicted octanol–water partition coefficient (Wildman–Crippen LogP) is 2.56. The van der Waals surface area contributed by atoms with Crippen molar-refractivity contribution in [3.05, 3.63) is 23.8 Å². The molecule has 1 amide bonds. The van der Waals surface area contributed by atoms with E-state index in [-0.39, 0.29) is 5.91 Å². The van der Waals surface area contributed by atoms with E-state index < -0.39 is 11.5 Å². The maximum atomic E-state index is 12.4. The summed E-state index contributed by atoms with van der Waals surface area (Å²) in [6.45, 7) is 8.13. The molecule has 6 heteroatoms. The fourth-order valence-corrected chi connectivity index (χ4v) is 2.02. The number of amides is 1. The molecule has 1 unspecified atom stereocenters. The van der Waals surface area contributed by atoms with Crippen LogP contribution in [0.2, 0.25) is 0 Å². The minimum atomic E-state index is -1.07. The SMILES string of the molecule is CCOc1ccc(C(=O)NC(C)(CC)C(=O)OC)cc1OCC. The highest BCUT2D eigenvalue weighted by Crippen LogP contribution is 2.28. The van der Waals surface area contributed by atoms with Crippen LogP contribution in [0.4, 0.5) is 0 Å². The number of nitrogens with one attached hydrogen (secondary N) is 1. The molecular weight excluding hydrogens is 298 g/mol. The highest BCUT2D eigenvalue weighted by molar-refractivity contribution is 5.98. The van der Waals surface area contributed by atoms with Crippen molar-refractivity contribution >= 4 is 11.9 Å². The van der Waals surface area contributed by atoms with Crippen molar-refractivity contribution < 1.29 is 23.8 Å². The number of esters is 1. The van der Waals surface area contributed by atoms with Crippen molar-refractivity contribution in [2.45, 2.75) is 39.7 Å². The molecule has 23 heavy (non-hydrogen) atoms. The second-order valence-corrected chi connectivity index (χ2v) is 5.16. The lowest BCUT2D eigenvalue weighted by Gasteiger charge is -2.26. The van der Waals surface area contributed by atoms with Gasteiger partial charge in [-0.3, -0.25) is 4.79 Å². The Kier molecular flexibility index (Phi) is 6.88. The van der Waals surface area contributed by atoms with Gasteiger partial charge in [0.05, 0.1) is 20.3 Å². The molecule has 0 aromatic heterocycles. The minimum Gasteiger partial charge on any atom is -0.490 e. The van der Waals surface area contributed by atoms with Crippen molar-refractivity contribution in [3.63, 3.8) is 0 Å². The Hall–Kier alpha value is -2.24. The zero-order valence-corrected chi connectivity index (χ0v) is 14.4. The van der Waals surface area contributed by atoms with Gasteiger partial charge in [0.1, 0.15) is 5.54 Å². The largest absolute Gasteiger partial charge is 0.490 e. The number of rotatable bonds is 8. The van der Waals surface area contributed by atoms with Crippen molar-refractivity contribution in [1.82, 2.24) is 5.32 Å². The molecule has 1 aromatic rings. The van der Waals surface area contributed by atoms with Crippen molar-refractivity contribution in [2.75, 3.05) is 20.3 Å². The van der Waals surface area contributed by atoms with Gasteiger partial charge in [0.2, 0.25) is 0 Å². The van der Waals surface area contributed by atoms with Gasteiger partial charge in [-0.1, -0.05) is 6.92 Å². The molecule has 128 valence electrons. The summed E-state index contributed by atoms with van der Waals surface area (Å²) in [5.74, 6) is 0.225. The van der Waals surface area contributed by atoms with E-state index in [0.717, 1.165) is 0 Å². The molecule has 0 heterocycles. The Balaban J connectivity index is 3.03. The van der Waals surface area contributed by atoms with Gasteiger partial charge in [-0.05, 0) is 45.4 Å². The molecule has 0 aliphatic rings. The summed E-state index contributed by atoms with van der Waals surface area (Å²) in [5, 5.41) is 2.72. The first-order valence-corrected chi connectivity index (χ1v) is 7.72. The predicted molar refractivity (Wildman–Crippen MR) is 87.0 cm³/mol. The molecule has 1 rings (SSSR count). The molecule has 1 aromatic carbocycles. The first-order valence-electron chi connectivity index (χ1n) is 7.72. The van der Waals surface area contributed by atoms with E-state index in [1.165, 1.54) is 7.11 Å². The zero-order valence-electron chi connectivity index (χ0n) is 14.4. The molecule has 1 atom stereocenters. The number of carbonyl (C=O) groups excluding carboxylic acids is 2. The highest BCUT2D eigenvalue weighted by atomic mass is 16.5. The van der Waals surface area contributed by atoms with Crippen molar-refractivity contribution in [1.29, 1.82) is 0 Å². The van der Waals surface area contributed by atoms with Crippen molar-refractivity contribution in [3.8, 4) is 11.5 Å². The van der Waals surface area contributed by atoms with Crippen LogP contribution in [0.3, 0.4) is 0 Å². The monoisotopic (exact) mass is 323 g/mol. The molecular formula is C17H25NO5. The van der Waals surface area contributed by atoms with Crippen LogP contribution in [0.1, 0.15) is 44.5 Å². The summed E-state index contributed by atoms with van der Waals surface area (Å²) in [6, 6.07) is 4.93. The summed E-state index contributed by atoms with van der Waals surface area (Å²) in [7, 11) is 1.30. The fraction of sp³-hybridized carbons (Fsp3) is 0.529. The molecule has 0 aliphatic carbocycles. The zero-order chi connectivity index (χ0) is 17.5. The van der Waals surface area contributed by atoms with E-state index in [1.54, 1.807) is 32.0 Å². The first kappa shape index (κ1) is 18.8. The number of carbonyl (C=O) groups is 2. The van der Waals surface area contributed by atoms with Gasteiger partial charge < -0.3 is 19.5 Å². The van der Waals surface area contributed by atoms with Crippen LogP contribution in [0.25, 0.3) is 0 Å². The third-order valence-electron chi connectivity index (χ3n) is 3.54. The van der Waals surface area contributed by atoms with Crippen LogP contribution in [0, 0.1) is 0 Å². The Bertz CT molecular complexity index is 558. The quantitative estimate of drug-likeness (QED) is 0.744. The van der Waals surface area contributed by atoms with Crippen LogP contribution in [0.15, 0.2) is 18.2 Å². The molecule has 0 fully saturated rings. The van der Waals surface area contributed by atoms with Gasteiger partial charge >= 0.3 is 5.97 Å². The lowest BCUT2D eigenvalue weighted by Crippen LogP contribution is -2.52. The second kappa shape index (κ2) is 8.41. The van der Waals surface area contributed by atoms with E-state index in [2.05, 4.69) is 5.32 Å². The molecule has 0 saturated carbocycles. The van der Waals surface area contributed by atoms with Gasteiger partial charge in [0.25, 0.3) is 5.91 Å². The third-order valence-corrected chi connectivity index (χ3v) is 3.54. The lowest BCUT2D eigenvalue weighted by molar-refractivity contribution is -0.147. The van der Waals surface area contributed by atoms with Crippen LogP contribution >= 0.6 is 0 Å². The molecule has 0 spiro atoms. The van der Waals surface area contributed by atoms with Crippen molar-refractivity contribution in [2.24, 2.45) is 0 Å². The normalized spacial score (nSPS) is 12.9. The number of hydrogen-bond acceptors (Lipinski definition) is 5. The fourth-order valence-electron chi connectivity index (χ4n) is 2.02. The number of hydrogen-bond donors (Lipinski definition) is 1. The second-order valence-electron chi connectivity index (χ2n) is 5.16. The van der Waals surface area contributed by atoms with Crippen LogP contribution in [-0.2, 0) is 9.53 Å². The van der Waals surface area contributed by atoms with Gasteiger partial charge in [0.15, 0.2) is 11.5 Å². The van der Waals surface area contributed by atoms with Gasteiger partial charge in [-0.25, -0.2) is 4.79 Å². The Morgan fingerprint density at radius 2 is 1.70 bits per heavy atom. The van der Waals surface area contributed by atoms with E-state index in [4.69, 9.17) is 14.2 Å². The van der Waals surface area contributed by atoms with Gasteiger partial charge in [-0.2, -0.15) is 0 Å². The van der Waals surface area contributed by atoms with Gasteiger partial charge in [0, 0.05) is 5.56 Å². The first-order chi connectivity index (χ1) is 10.9. The molecule has 0 saturated heterocycles. The van der Waals surface area contributed by atoms with E-state index in [0.29, 0.717) is 36.7 Å². The summed E-state index contributed by atoms with van der Waals surface area (Å²) >= 11 is 0. The average molecular weight is 323 g/mol.